The Balaban J connectivity index is 0.000000396. The maximum atomic E-state index is 11.2. The molecule has 0 radical (unpaired) electrons. The third-order valence-electron chi connectivity index (χ3n) is 4.60. The molecule has 0 spiro atoms. The van der Waals surface area contributed by atoms with Crippen molar-refractivity contribution in [3.05, 3.63) is 22.2 Å². The molecule has 0 bridgehead atoms. The van der Waals surface area contributed by atoms with Crippen molar-refractivity contribution in [2.24, 2.45) is 5.92 Å². The van der Waals surface area contributed by atoms with Crippen molar-refractivity contribution in [2.75, 3.05) is 6.54 Å². The van der Waals surface area contributed by atoms with E-state index in [0.717, 1.165) is 38.0 Å². The van der Waals surface area contributed by atoms with Crippen LogP contribution >= 0.6 is 0 Å². The van der Waals surface area contributed by atoms with Gasteiger partial charge in [-0.15, -0.1) is 0 Å². The maximum absolute atomic E-state index is 11.2. The molecule has 1 aromatic heterocycles. The monoisotopic (exact) mass is 310 g/mol. The summed E-state index contributed by atoms with van der Waals surface area (Å²) < 4.78 is 5.27. The van der Waals surface area contributed by atoms with E-state index in [0.29, 0.717) is 12.0 Å². The quantitative estimate of drug-likeness (QED) is 0.780. The molecule has 6 heteroatoms. The Hall–Kier alpha value is -1.56. The highest BCUT2D eigenvalue weighted by atomic mass is 16.5. The van der Waals surface area contributed by atoms with Gasteiger partial charge in [-0.05, 0) is 38.1 Å². The molecule has 1 aliphatic carbocycles. The number of hydrogen-bond acceptors (Lipinski definition) is 4. The van der Waals surface area contributed by atoms with Gasteiger partial charge in [0.2, 0.25) is 0 Å². The summed E-state index contributed by atoms with van der Waals surface area (Å²) in [5.41, 5.74) is -0.113. The van der Waals surface area contributed by atoms with E-state index in [4.69, 9.17) is 14.4 Å². The van der Waals surface area contributed by atoms with Crippen LogP contribution in [0.4, 0.5) is 0 Å². The van der Waals surface area contributed by atoms with Gasteiger partial charge < -0.3 is 14.9 Å². The van der Waals surface area contributed by atoms with Crippen LogP contribution in [0.3, 0.4) is 0 Å². The van der Waals surface area contributed by atoms with Crippen LogP contribution in [0.15, 0.2) is 15.4 Å². The third-order valence-corrected chi connectivity index (χ3v) is 4.60. The summed E-state index contributed by atoms with van der Waals surface area (Å²) in [6, 6.07) is 2.23. The molecule has 2 atom stereocenters. The largest absolute Gasteiger partial charge is 0.481 e. The van der Waals surface area contributed by atoms with Crippen molar-refractivity contribution < 1.29 is 14.4 Å². The van der Waals surface area contributed by atoms with Gasteiger partial charge >= 0.3 is 0 Å². The highest BCUT2D eigenvalue weighted by Gasteiger charge is 2.31. The van der Waals surface area contributed by atoms with Crippen molar-refractivity contribution in [3.63, 3.8) is 0 Å². The van der Waals surface area contributed by atoms with Gasteiger partial charge in [0, 0.05) is 24.9 Å². The summed E-state index contributed by atoms with van der Waals surface area (Å²) in [5, 5.41) is 13.5. The van der Waals surface area contributed by atoms with Crippen LogP contribution in [-0.4, -0.2) is 28.8 Å². The Kier molecular flexibility index (Phi) is 6.24. The summed E-state index contributed by atoms with van der Waals surface area (Å²) in [7, 11) is 0. The highest BCUT2D eigenvalue weighted by molar-refractivity contribution is 5.62. The fourth-order valence-electron chi connectivity index (χ4n) is 3.60. The Bertz CT molecular complexity index is 512. The predicted octanol–water partition coefficient (Wildman–Crippen LogP) is 2.47. The fourth-order valence-corrected chi connectivity index (χ4v) is 3.60. The van der Waals surface area contributed by atoms with Crippen LogP contribution in [-0.2, 0) is 4.79 Å². The lowest BCUT2D eigenvalue weighted by Gasteiger charge is -2.36. The number of aromatic nitrogens is 1. The first-order valence-corrected chi connectivity index (χ1v) is 8.17. The summed E-state index contributed by atoms with van der Waals surface area (Å²) >= 11 is 0. The Morgan fingerprint density at radius 3 is 2.55 bits per heavy atom. The van der Waals surface area contributed by atoms with Crippen LogP contribution in [0, 0.1) is 5.92 Å². The van der Waals surface area contributed by atoms with Gasteiger partial charge in [-0.1, -0.05) is 19.3 Å². The van der Waals surface area contributed by atoms with E-state index < -0.39 is 5.97 Å². The minimum absolute atomic E-state index is 0.113. The molecule has 1 saturated carbocycles. The normalized spacial score (nSPS) is 26.0. The molecule has 2 fully saturated rings. The molecule has 0 amide bonds. The Morgan fingerprint density at radius 1 is 1.27 bits per heavy atom. The predicted molar refractivity (Wildman–Crippen MR) is 83.0 cm³/mol. The van der Waals surface area contributed by atoms with Crippen LogP contribution in [0.2, 0.25) is 0 Å². The van der Waals surface area contributed by atoms with E-state index >= 15 is 0 Å². The Morgan fingerprint density at radius 2 is 1.95 bits per heavy atom. The molecule has 0 aromatic carbocycles. The van der Waals surface area contributed by atoms with Crippen LogP contribution in [0.1, 0.15) is 63.5 Å². The summed E-state index contributed by atoms with van der Waals surface area (Å²) in [6.45, 7) is 2.13. The third kappa shape index (κ3) is 5.02. The van der Waals surface area contributed by atoms with Gasteiger partial charge in [-0.2, -0.15) is 5.16 Å². The van der Waals surface area contributed by atoms with Gasteiger partial charge in [0.1, 0.15) is 5.76 Å². The van der Waals surface area contributed by atoms with Crippen molar-refractivity contribution in [3.8, 4) is 0 Å². The number of H-pyrrole nitrogens is 1. The average molecular weight is 310 g/mol. The molecule has 2 heterocycles. The number of nitrogens with one attached hydrogen (secondary N) is 2. The summed E-state index contributed by atoms with van der Waals surface area (Å²) in [4.78, 5) is 20.2. The summed E-state index contributed by atoms with van der Waals surface area (Å²) in [5.74, 6) is 1.26. The topological polar surface area (TPSA) is 95.3 Å². The van der Waals surface area contributed by atoms with E-state index in [1.807, 2.05) is 0 Å². The molecule has 22 heavy (non-hydrogen) atoms. The fraction of sp³-hybridized carbons (Fsp3) is 0.750. The van der Waals surface area contributed by atoms with Crippen molar-refractivity contribution in [2.45, 2.75) is 63.8 Å². The molecule has 1 aliphatic heterocycles. The van der Waals surface area contributed by atoms with E-state index in [1.165, 1.54) is 32.1 Å². The SMILES string of the molecule is CC(=O)O.O=c1cc([C@@H]2CCN[C@@H](C3CCCCC3)C2)o[nH]1. The zero-order chi connectivity index (χ0) is 15.9. The van der Waals surface area contributed by atoms with Gasteiger partial charge in [0.25, 0.3) is 11.5 Å². The zero-order valence-electron chi connectivity index (χ0n) is 13.1. The molecule has 2 aliphatic rings. The minimum atomic E-state index is -0.833. The van der Waals surface area contributed by atoms with Crippen LogP contribution < -0.4 is 10.9 Å². The number of carboxylic acids is 1. The molecular formula is C16H26N2O4. The van der Waals surface area contributed by atoms with Gasteiger partial charge in [-0.25, -0.2) is 0 Å². The first kappa shape index (κ1) is 16.8. The second-order valence-corrected chi connectivity index (χ2v) is 6.31. The Labute approximate surface area is 130 Å². The molecular weight excluding hydrogens is 284 g/mol. The minimum Gasteiger partial charge on any atom is -0.481 e. The van der Waals surface area contributed by atoms with Gasteiger partial charge in [-0.3, -0.25) is 9.59 Å². The standard InChI is InChI=1S/C14H22N2O2.C2H4O2/c17-14-9-13(18-16-14)11-6-7-15-12(8-11)10-4-2-1-3-5-10;1-2(3)4/h9-12,15H,1-8H2,(H,16,17);1H3,(H,3,4)/t11-,12-;/m1./s1. The second-order valence-electron chi connectivity index (χ2n) is 6.31. The molecule has 3 N–H and O–H groups in total. The van der Waals surface area contributed by atoms with Crippen molar-refractivity contribution in [1.29, 1.82) is 0 Å². The van der Waals surface area contributed by atoms with Gasteiger partial charge in [0.15, 0.2) is 0 Å². The first-order valence-electron chi connectivity index (χ1n) is 8.17. The molecule has 3 rings (SSSR count). The molecule has 124 valence electrons. The number of hydrogen-bond donors (Lipinski definition) is 3. The van der Waals surface area contributed by atoms with E-state index in [1.54, 1.807) is 6.07 Å². The maximum Gasteiger partial charge on any atom is 0.300 e. The number of carboxylic acid groups (broad SMARTS) is 1. The van der Waals surface area contributed by atoms with Crippen LogP contribution in [0.25, 0.3) is 0 Å². The molecule has 6 nitrogen and oxygen atoms in total. The number of aliphatic carboxylic acids is 1. The lowest BCUT2D eigenvalue weighted by molar-refractivity contribution is -0.134. The molecule has 1 saturated heterocycles. The number of aromatic amines is 1. The lowest BCUT2D eigenvalue weighted by atomic mass is 9.77. The van der Waals surface area contributed by atoms with E-state index in [-0.39, 0.29) is 5.56 Å². The zero-order valence-corrected chi connectivity index (χ0v) is 13.1. The van der Waals surface area contributed by atoms with Crippen molar-refractivity contribution in [1.82, 2.24) is 10.5 Å². The number of carbonyl (C=O) groups is 1. The average Bonchev–Trinajstić information content (AvgIpc) is 2.94. The van der Waals surface area contributed by atoms with E-state index in [2.05, 4.69) is 10.5 Å². The van der Waals surface area contributed by atoms with Gasteiger partial charge in [0.05, 0.1) is 0 Å². The van der Waals surface area contributed by atoms with Crippen molar-refractivity contribution >= 4 is 5.97 Å². The molecule has 1 aromatic rings. The van der Waals surface area contributed by atoms with Crippen LogP contribution in [0.5, 0.6) is 0 Å². The number of piperidine rings is 1. The number of rotatable bonds is 2. The lowest BCUT2D eigenvalue weighted by Crippen LogP contribution is -2.43. The molecule has 0 unspecified atom stereocenters. The second kappa shape index (κ2) is 8.17. The van der Waals surface area contributed by atoms with E-state index in [9.17, 15) is 4.79 Å². The first-order chi connectivity index (χ1) is 10.6. The highest BCUT2D eigenvalue weighted by Crippen LogP contribution is 2.34. The summed E-state index contributed by atoms with van der Waals surface area (Å²) in [6.07, 6.45) is 9.08. The smallest absolute Gasteiger partial charge is 0.300 e.